The summed E-state index contributed by atoms with van der Waals surface area (Å²) in [7, 11) is 0. The fourth-order valence-electron chi connectivity index (χ4n) is 2.84. The van der Waals surface area contributed by atoms with Crippen molar-refractivity contribution in [2.24, 2.45) is 0 Å². The highest BCUT2D eigenvalue weighted by Gasteiger charge is 2.44. The van der Waals surface area contributed by atoms with Gasteiger partial charge in [-0.25, -0.2) is 9.59 Å². The van der Waals surface area contributed by atoms with Crippen LogP contribution in [-0.4, -0.2) is 25.2 Å². The van der Waals surface area contributed by atoms with Crippen LogP contribution in [0.4, 0.5) is 10.5 Å². The van der Waals surface area contributed by atoms with Crippen molar-refractivity contribution in [3.05, 3.63) is 65.7 Å². The van der Waals surface area contributed by atoms with E-state index in [4.69, 9.17) is 4.74 Å². The predicted molar refractivity (Wildman–Crippen MR) is 96.8 cm³/mol. The van der Waals surface area contributed by atoms with Gasteiger partial charge in [-0.05, 0) is 49.6 Å². The number of ether oxygens (including phenoxy) is 1. The van der Waals surface area contributed by atoms with Gasteiger partial charge >= 0.3 is 12.0 Å². The first-order valence-electron chi connectivity index (χ1n) is 8.50. The smallest absolute Gasteiger partial charge is 0.338 e. The van der Waals surface area contributed by atoms with Gasteiger partial charge in [-0.3, -0.25) is 0 Å². The number of rotatable bonds is 6. The van der Waals surface area contributed by atoms with Gasteiger partial charge in [0, 0.05) is 17.6 Å². The molecule has 0 aromatic heterocycles. The van der Waals surface area contributed by atoms with Gasteiger partial charge in [0.1, 0.15) is 0 Å². The molecule has 5 nitrogen and oxygen atoms in total. The van der Waals surface area contributed by atoms with Gasteiger partial charge in [0.05, 0.1) is 12.2 Å². The molecule has 2 aromatic rings. The molecule has 0 aliphatic heterocycles. The van der Waals surface area contributed by atoms with E-state index in [0.717, 1.165) is 12.8 Å². The molecule has 2 N–H and O–H groups in total. The SMILES string of the molecule is CCOC(=O)c1ccc(NC(=O)NCC2(c3ccccc3)CC2)cc1. The topological polar surface area (TPSA) is 67.4 Å². The second-order valence-electron chi connectivity index (χ2n) is 6.25. The van der Waals surface area contributed by atoms with E-state index >= 15 is 0 Å². The molecule has 1 saturated carbocycles. The maximum Gasteiger partial charge on any atom is 0.338 e. The highest BCUT2D eigenvalue weighted by molar-refractivity contribution is 5.92. The van der Waals surface area contributed by atoms with Crippen LogP contribution in [0.2, 0.25) is 0 Å². The van der Waals surface area contributed by atoms with E-state index in [0.29, 0.717) is 24.4 Å². The fraction of sp³-hybridized carbons (Fsp3) is 0.300. The van der Waals surface area contributed by atoms with Crippen LogP contribution >= 0.6 is 0 Å². The number of carbonyl (C=O) groups excluding carboxylic acids is 2. The maximum atomic E-state index is 12.1. The van der Waals surface area contributed by atoms with Crippen molar-refractivity contribution in [3.63, 3.8) is 0 Å². The van der Waals surface area contributed by atoms with Crippen LogP contribution in [-0.2, 0) is 10.2 Å². The third kappa shape index (κ3) is 4.18. The molecule has 1 aliphatic rings. The van der Waals surface area contributed by atoms with Crippen molar-refractivity contribution in [1.29, 1.82) is 0 Å². The molecule has 0 spiro atoms. The lowest BCUT2D eigenvalue weighted by Gasteiger charge is -2.17. The maximum absolute atomic E-state index is 12.1. The number of benzene rings is 2. The lowest BCUT2D eigenvalue weighted by molar-refractivity contribution is 0.0526. The summed E-state index contributed by atoms with van der Waals surface area (Å²) in [6.45, 7) is 2.72. The molecular formula is C20H22N2O3. The molecule has 3 rings (SSSR count). The molecule has 1 fully saturated rings. The minimum Gasteiger partial charge on any atom is -0.462 e. The molecule has 5 heteroatoms. The molecule has 0 unspecified atom stereocenters. The zero-order valence-corrected chi connectivity index (χ0v) is 14.2. The molecule has 0 atom stereocenters. The number of carbonyl (C=O) groups is 2. The van der Waals surface area contributed by atoms with Crippen molar-refractivity contribution in [2.75, 3.05) is 18.5 Å². The lowest BCUT2D eigenvalue weighted by Crippen LogP contribution is -2.35. The molecule has 25 heavy (non-hydrogen) atoms. The predicted octanol–water partition coefficient (Wildman–Crippen LogP) is 3.72. The second-order valence-corrected chi connectivity index (χ2v) is 6.25. The quantitative estimate of drug-likeness (QED) is 0.789. The van der Waals surface area contributed by atoms with Crippen molar-refractivity contribution >= 4 is 17.7 Å². The third-order valence-corrected chi connectivity index (χ3v) is 4.48. The van der Waals surface area contributed by atoms with Crippen LogP contribution in [0, 0.1) is 0 Å². The summed E-state index contributed by atoms with van der Waals surface area (Å²) in [5, 5.41) is 5.74. The van der Waals surface area contributed by atoms with Gasteiger partial charge in [0.25, 0.3) is 0 Å². The van der Waals surface area contributed by atoms with E-state index in [2.05, 4.69) is 22.8 Å². The highest BCUT2D eigenvalue weighted by Crippen LogP contribution is 2.47. The van der Waals surface area contributed by atoms with E-state index in [1.165, 1.54) is 5.56 Å². The average molecular weight is 338 g/mol. The van der Waals surface area contributed by atoms with Crippen LogP contribution in [0.15, 0.2) is 54.6 Å². The minimum atomic E-state index is -0.364. The second kappa shape index (κ2) is 7.38. The molecule has 0 heterocycles. The molecule has 0 saturated heterocycles. The first kappa shape index (κ1) is 17.0. The summed E-state index contributed by atoms with van der Waals surface area (Å²) >= 11 is 0. The van der Waals surface area contributed by atoms with Gasteiger partial charge in [-0.15, -0.1) is 0 Å². The number of hydrogen-bond donors (Lipinski definition) is 2. The van der Waals surface area contributed by atoms with Crippen LogP contribution in [0.25, 0.3) is 0 Å². The summed E-state index contributed by atoms with van der Waals surface area (Å²) in [6.07, 6.45) is 2.18. The average Bonchev–Trinajstić information content (AvgIpc) is 3.43. The van der Waals surface area contributed by atoms with E-state index in [-0.39, 0.29) is 17.4 Å². The van der Waals surface area contributed by atoms with Crippen molar-refractivity contribution < 1.29 is 14.3 Å². The largest absolute Gasteiger partial charge is 0.462 e. The third-order valence-electron chi connectivity index (χ3n) is 4.48. The Morgan fingerprint density at radius 1 is 1.04 bits per heavy atom. The summed E-state index contributed by atoms with van der Waals surface area (Å²) in [4.78, 5) is 23.7. The zero-order valence-electron chi connectivity index (χ0n) is 14.2. The van der Waals surface area contributed by atoms with Gasteiger partial charge in [0.2, 0.25) is 0 Å². The van der Waals surface area contributed by atoms with Crippen molar-refractivity contribution in [2.45, 2.75) is 25.2 Å². The molecule has 0 bridgehead atoms. The summed E-state index contributed by atoms with van der Waals surface area (Å²) in [5.41, 5.74) is 2.45. The van der Waals surface area contributed by atoms with Gasteiger partial charge in [0.15, 0.2) is 0 Å². The fourth-order valence-corrected chi connectivity index (χ4v) is 2.84. The first-order valence-corrected chi connectivity index (χ1v) is 8.50. The molecule has 2 amide bonds. The Morgan fingerprint density at radius 3 is 2.32 bits per heavy atom. The Labute approximate surface area is 147 Å². The highest BCUT2D eigenvalue weighted by atomic mass is 16.5. The Hall–Kier alpha value is -2.82. The Bertz CT molecular complexity index is 737. The zero-order chi connectivity index (χ0) is 17.7. The molecule has 0 radical (unpaired) electrons. The van der Waals surface area contributed by atoms with Gasteiger partial charge < -0.3 is 15.4 Å². The van der Waals surface area contributed by atoms with Crippen molar-refractivity contribution in [1.82, 2.24) is 5.32 Å². The summed E-state index contributed by atoms with van der Waals surface area (Å²) in [5.74, 6) is -0.364. The Balaban J connectivity index is 1.52. The Kier molecular flexibility index (Phi) is 5.03. The number of nitrogens with one attached hydrogen (secondary N) is 2. The number of esters is 1. The monoisotopic (exact) mass is 338 g/mol. The molecule has 1 aliphatic carbocycles. The number of amides is 2. The minimum absolute atomic E-state index is 0.0758. The lowest BCUT2D eigenvalue weighted by atomic mass is 9.96. The van der Waals surface area contributed by atoms with Crippen LogP contribution in [0.5, 0.6) is 0 Å². The summed E-state index contributed by atoms with van der Waals surface area (Å²) < 4.78 is 4.94. The standard InChI is InChI=1S/C20H22N2O3/c1-2-25-18(23)15-8-10-17(11-9-15)22-19(24)21-14-20(12-13-20)16-6-4-3-5-7-16/h3-11H,2,12-14H2,1H3,(H2,21,22,24). The van der Waals surface area contributed by atoms with Crippen LogP contribution in [0.3, 0.4) is 0 Å². The molecular weight excluding hydrogens is 316 g/mol. The number of urea groups is 1. The molecule has 2 aromatic carbocycles. The number of hydrogen-bond acceptors (Lipinski definition) is 3. The summed E-state index contributed by atoms with van der Waals surface area (Å²) in [6, 6.07) is 16.7. The van der Waals surface area contributed by atoms with E-state index in [9.17, 15) is 9.59 Å². The van der Waals surface area contributed by atoms with E-state index < -0.39 is 0 Å². The normalized spacial score (nSPS) is 14.4. The molecule has 130 valence electrons. The van der Waals surface area contributed by atoms with Crippen molar-refractivity contribution in [3.8, 4) is 0 Å². The van der Waals surface area contributed by atoms with E-state index in [1.54, 1.807) is 31.2 Å². The van der Waals surface area contributed by atoms with Crippen LogP contribution < -0.4 is 10.6 Å². The van der Waals surface area contributed by atoms with Gasteiger partial charge in [-0.2, -0.15) is 0 Å². The van der Waals surface area contributed by atoms with Crippen LogP contribution in [0.1, 0.15) is 35.7 Å². The number of anilines is 1. The Morgan fingerprint density at radius 2 is 1.72 bits per heavy atom. The first-order chi connectivity index (χ1) is 12.1. The van der Waals surface area contributed by atoms with Gasteiger partial charge in [-0.1, -0.05) is 30.3 Å². The van der Waals surface area contributed by atoms with E-state index in [1.807, 2.05) is 18.2 Å².